The highest BCUT2D eigenvalue weighted by Gasteiger charge is 2.22. The van der Waals surface area contributed by atoms with Gasteiger partial charge in [-0.2, -0.15) is 9.78 Å². The van der Waals surface area contributed by atoms with Crippen LogP contribution < -0.4 is 15.0 Å². The Labute approximate surface area is 241 Å². The first-order valence-corrected chi connectivity index (χ1v) is 13.6. The zero-order chi connectivity index (χ0) is 29.2. The minimum atomic E-state index is -1.79. The van der Waals surface area contributed by atoms with Gasteiger partial charge in [-0.05, 0) is 61.0 Å². The molecule has 210 valence electrons. The third kappa shape index (κ3) is 4.74. The third-order valence-corrected chi connectivity index (χ3v) is 7.03. The second-order valence-corrected chi connectivity index (χ2v) is 9.54. The first-order valence-electron chi connectivity index (χ1n) is 13.6. The summed E-state index contributed by atoms with van der Waals surface area (Å²) in [4.78, 5) is 22.5. The predicted molar refractivity (Wildman–Crippen MR) is 161 cm³/mol. The average molecular weight is 561 g/mol. The van der Waals surface area contributed by atoms with Crippen molar-refractivity contribution in [1.82, 2.24) is 19.7 Å². The van der Waals surface area contributed by atoms with Gasteiger partial charge in [-0.3, -0.25) is 14.8 Å². The van der Waals surface area contributed by atoms with Crippen LogP contribution in [-0.4, -0.2) is 43.2 Å². The van der Waals surface area contributed by atoms with Gasteiger partial charge in [0.05, 0.1) is 30.5 Å². The summed E-state index contributed by atoms with van der Waals surface area (Å²) in [6.45, 7) is 4.65. The number of aromatic nitrogens is 4. The highest BCUT2D eigenvalue weighted by Crippen LogP contribution is 2.42. The summed E-state index contributed by atoms with van der Waals surface area (Å²) in [6, 6.07) is 19.9. The van der Waals surface area contributed by atoms with Gasteiger partial charge in [-0.25, -0.2) is 0 Å². The van der Waals surface area contributed by atoms with E-state index in [1.165, 1.54) is 4.68 Å². The SMILES string of the molecule is CCOc1cc2ccc(C(O)O)c(-c3ccncc3-n3nc(-c4cccnc4)c4ccccc4c3=O)c2cc1OCC. The van der Waals surface area contributed by atoms with Gasteiger partial charge < -0.3 is 19.7 Å². The molecule has 42 heavy (non-hydrogen) atoms. The van der Waals surface area contributed by atoms with E-state index in [2.05, 4.69) is 9.97 Å². The predicted octanol–water partition coefficient (Wildman–Crippen LogP) is 5.44. The molecule has 0 spiro atoms. The summed E-state index contributed by atoms with van der Waals surface area (Å²) in [5, 5.41) is 28.4. The highest BCUT2D eigenvalue weighted by atomic mass is 16.5. The molecule has 9 nitrogen and oxygen atoms in total. The van der Waals surface area contributed by atoms with E-state index < -0.39 is 6.29 Å². The van der Waals surface area contributed by atoms with Crippen molar-refractivity contribution in [3.63, 3.8) is 0 Å². The fraction of sp³-hybridized carbons (Fsp3) is 0.152. The van der Waals surface area contributed by atoms with Crippen LogP contribution in [0.1, 0.15) is 25.7 Å². The molecule has 0 amide bonds. The van der Waals surface area contributed by atoms with Gasteiger partial charge in [0.15, 0.2) is 17.8 Å². The number of benzene rings is 3. The maximum absolute atomic E-state index is 14.0. The standard InChI is InChI=1S/C33H28N4O5/c1-3-41-28-16-20-11-12-25(33(39)40)30(26(20)17-29(28)42-4-2)24-13-15-35-19-27(24)37-32(38)23-10-6-5-9-22(23)31(36-37)21-8-7-14-34-18-21/h5-19,33,39-40H,3-4H2,1-2H3. The molecule has 0 saturated heterocycles. The zero-order valence-electron chi connectivity index (χ0n) is 23.1. The lowest BCUT2D eigenvalue weighted by Crippen LogP contribution is -2.23. The van der Waals surface area contributed by atoms with E-state index in [4.69, 9.17) is 14.6 Å². The molecule has 0 saturated carbocycles. The van der Waals surface area contributed by atoms with Gasteiger partial charge >= 0.3 is 0 Å². The Morgan fingerprint density at radius 1 is 0.810 bits per heavy atom. The van der Waals surface area contributed by atoms with Crippen LogP contribution in [0.25, 0.3) is 49.6 Å². The molecule has 2 N–H and O–H groups in total. The summed E-state index contributed by atoms with van der Waals surface area (Å²) in [5.74, 6) is 1.10. The van der Waals surface area contributed by atoms with E-state index in [9.17, 15) is 15.0 Å². The second kappa shape index (κ2) is 11.4. The highest BCUT2D eigenvalue weighted by molar-refractivity contribution is 6.02. The largest absolute Gasteiger partial charge is 0.490 e. The van der Waals surface area contributed by atoms with Gasteiger partial charge in [0.25, 0.3) is 5.56 Å². The molecule has 3 aromatic carbocycles. The maximum Gasteiger partial charge on any atom is 0.279 e. The Kier molecular flexibility index (Phi) is 7.35. The topological polar surface area (TPSA) is 120 Å². The summed E-state index contributed by atoms with van der Waals surface area (Å²) in [7, 11) is 0. The van der Waals surface area contributed by atoms with Crippen LogP contribution in [0.2, 0.25) is 0 Å². The number of aliphatic hydroxyl groups excluding tert-OH is 1. The number of nitrogens with zero attached hydrogens (tertiary/aromatic N) is 4. The van der Waals surface area contributed by atoms with Crippen LogP contribution in [0.5, 0.6) is 11.5 Å². The van der Waals surface area contributed by atoms with Crippen molar-refractivity contribution in [1.29, 1.82) is 0 Å². The summed E-state index contributed by atoms with van der Waals surface area (Å²) in [6.07, 6.45) is 4.73. The van der Waals surface area contributed by atoms with E-state index in [0.29, 0.717) is 63.4 Å². The van der Waals surface area contributed by atoms with Crippen LogP contribution >= 0.6 is 0 Å². The van der Waals surface area contributed by atoms with Crippen LogP contribution in [0.3, 0.4) is 0 Å². The van der Waals surface area contributed by atoms with Crippen molar-refractivity contribution < 1.29 is 19.7 Å². The molecule has 0 radical (unpaired) electrons. The Balaban J connectivity index is 1.69. The Hall–Kier alpha value is -5.12. The molecule has 6 rings (SSSR count). The smallest absolute Gasteiger partial charge is 0.279 e. The molecule has 0 aliphatic carbocycles. The molecule has 0 aliphatic heterocycles. The van der Waals surface area contributed by atoms with E-state index >= 15 is 0 Å². The monoisotopic (exact) mass is 560 g/mol. The van der Waals surface area contributed by atoms with Gasteiger partial charge in [0.1, 0.15) is 5.69 Å². The molecule has 6 aromatic rings. The lowest BCUT2D eigenvalue weighted by Gasteiger charge is -2.20. The summed E-state index contributed by atoms with van der Waals surface area (Å²) >= 11 is 0. The number of pyridine rings is 2. The van der Waals surface area contributed by atoms with E-state index in [1.807, 2.05) is 50.2 Å². The number of fused-ring (bicyclic) bond motifs is 2. The number of aliphatic hydroxyl groups is 2. The first-order chi connectivity index (χ1) is 20.5. The number of hydrogen-bond donors (Lipinski definition) is 2. The second-order valence-electron chi connectivity index (χ2n) is 9.54. The molecule has 0 bridgehead atoms. The fourth-order valence-electron chi connectivity index (χ4n) is 5.24. The van der Waals surface area contributed by atoms with Gasteiger partial charge in [0, 0.05) is 46.2 Å². The van der Waals surface area contributed by atoms with Crippen LogP contribution in [0.15, 0.2) is 96.3 Å². The van der Waals surface area contributed by atoms with Crippen LogP contribution in [-0.2, 0) is 0 Å². The number of ether oxygens (including phenoxy) is 2. The Morgan fingerprint density at radius 2 is 1.55 bits per heavy atom. The van der Waals surface area contributed by atoms with E-state index in [0.717, 1.165) is 10.9 Å². The van der Waals surface area contributed by atoms with Crippen molar-refractivity contribution >= 4 is 21.5 Å². The lowest BCUT2D eigenvalue weighted by molar-refractivity contribution is -0.0419. The zero-order valence-corrected chi connectivity index (χ0v) is 23.1. The van der Waals surface area contributed by atoms with E-state index in [-0.39, 0.29) is 11.1 Å². The van der Waals surface area contributed by atoms with Crippen LogP contribution in [0, 0.1) is 0 Å². The van der Waals surface area contributed by atoms with Gasteiger partial charge in [-0.1, -0.05) is 30.3 Å². The van der Waals surface area contributed by atoms with Crippen molar-refractivity contribution in [2.24, 2.45) is 0 Å². The molecule has 9 heteroatoms. The minimum Gasteiger partial charge on any atom is -0.490 e. The van der Waals surface area contributed by atoms with E-state index in [1.54, 1.807) is 55.1 Å². The van der Waals surface area contributed by atoms with Gasteiger partial charge in [0.2, 0.25) is 0 Å². The Morgan fingerprint density at radius 3 is 2.26 bits per heavy atom. The van der Waals surface area contributed by atoms with Crippen molar-refractivity contribution in [3.05, 3.63) is 107 Å². The van der Waals surface area contributed by atoms with Crippen LogP contribution in [0.4, 0.5) is 0 Å². The third-order valence-electron chi connectivity index (χ3n) is 7.03. The molecule has 0 atom stereocenters. The first kappa shape index (κ1) is 27.1. The molecule has 3 aromatic heterocycles. The Bertz CT molecular complexity index is 1970. The maximum atomic E-state index is 14.0. The molecule has 0 fully saturated rings. The summed E-state index contributed by atoms with van der Waals surface area (Å²) < 4.78 is 13.0. The average Bonchev–Trinajstić information content (AvgIpc) is 3.02. The number of rotatable bonds is 8. The molecular weight excluding hydrogens is 532 g/mol. The number of hydrogen-bond acceptors (Lipinski definition) is 8. The molecule has 0 unspecified atom stereocenters. The fourth-order valence-corrected chi connectivity index (χ4v) is 5.24. The quantitative estimate of drug-likeness (QED) is 0.236. The normalized spacial score (nSPS) is 11.4. The molecule has 0 aliphatic rings. The minimum absolute atomic E-state index is 0.253. The van der Waals surface area contributed by atoms with Crippen molar-refractivity contribution in [2.45, 2.75) is 20.1 Å². The van der Waals surface area contributed by atoms with Crippen molar-refractivity contribution in [2.75, 3.05) is 13.2 Å². The lowest BCUT2D eigenvalue weighted by atomic mass is 9.92. The molecule has 3 heterocycles. The van der Waals surface area contributed by atoms with Gasteiger partial charge in [-0.15, -0.1) is 0 Å². The summed E-state index contributed by atoms with van der Waals surface area (Å²) in [5.41, 5.74) is 2.65. The molecular formula is C33H28N4O5. The van der Waals surface area contributed by atoms with Crippen molar-refractivity contribution in [3.8, 4) is 39.6 Å².